The summed E-state index contributed by atoms with van der Waals surface area (Å²) in [5.41, 5.74) is 1.22. The van der Waals surface area contributed by atoms with Gasteiger partial charge in [-0.1, -0.05) is 18.2 Å². The van der Waals surface area contributed by atoms with Gasteiger partial charge in [-0.3, -0.25) is 4.79 Å². The van der Waals surface area contributed by atoms with E-state index in [1.165, 1.54) is 6.20 Å². The highest BCUT2D eigenvalue weighted by atomic mass is 32.2. The van der Waals surface area contributed by atoms with E-state index >= 15 is 0 Å². The van der Waals surface area contributed by atoms with Crippen molar-refractivity contribution in [1.82, 2.24) is 4.98 Å². The molecule has 126 valence electrons. The van der Waals surface area contributed by atoms with Gasteiger partial charge in [0.05, 0.1) is 12.2 Å². The maximum atomic E-state index is 12.7. The molecule has 2 aromatic rings. The van der Waals surface area contributed by atoms with Crippen LogP contribution in [0.5, 0.6) is 5.88 Å². The standard InChI is InChI=1S/C18H20N2O3S/c21-10-9-20(15-4-2-1-3-5-15)18(22)14-6-7-17(19-12-14)23-16-8-11-24-13-16/h1-7,12,16,21H,8-11,13H2/t16-/m1/s1. The van der Waals surface area contributed by atoms with Gasteiger partial charge in [-0.15, -0.1) is 0 Å². The van der Waals surface area contributed by atoms with Gasteiger partial charge >= 0.3 is 0 Å². The second kappa shape index (κ2) is 8.17. The van der Waals surface area contributed by atoms with E-state index in [1.807, 2.05) is 42.1 Å². The molecule has 5 nitrogen and oxygen atoms in total. The number of amides is 1. The Morgan fingerprint density at radius 2 is 2.12 bits per heavy atom. The Labute approximate surface area is 145 Å². The second-order valence-corrected chi connectivity index (χ2v) is 6.65. The molecule has 1 atom stereocenters. The molecule has 1 aliphatic heterocycles. The number of aromatic nitrogens is 1. The Morgan fingerprint density at radius 1 is 1.29 bits per heavy atom. The van der Waals surface area contributed by atoms with Crippen LogP contribution in [0.4, 0.5) is 5.69 Å². The van der Waals surface area contributed by atoms with Crippen molar-refractivity contribution in [3.8, 4) is 5.88 Å². The Balaban J connectivity index is 1.72. The molecule has 1 amide bonds. The highest BCUT2D eigenvalue weighted by molar-refractivity contribution is 7.99. The van der Waals surface area contributed by atoms with Crippen LogP contribution in [-0.4, -0.2) is 46.8 Å². The van der Waals surface area contributed by atoms with Gasteiger partial charge in [-0.2, -0.15) is 11.8 Å². The molecule has 24 heavy (non-hydrogen) atoms. The fraction of sp³-hybridized carbons (Fsp3) is 0.333. The predicted molar refractivity (Wildman–Crippen MR) is 95.8 cm³/mol. The average molecular weight is 344 g/mol. The first-order valence-corrected chi connectivity index (χ1v) is 9.11. The maximum absolute atomic E-state index is 12.7. The topological polar surface area (TPSA) is 62.7 Å². The number of aliphatic hydroxyl groups excluding tert-OH is 1. The maximum Gasteiger partial charge on any atom is 0.259 e. The summed E-state index contributed by atoms with van der Waals surface area (Å²) < 4.78 is 5.81. The zero-order chi connectivity index (χ0) is 16.8. The summed E-state index contributed by atoms with van der Waals surface area (Å²) in [6, 6.07) is 12.8. The van der Waals surface area contributed by atoms with E-state index in [1.54, 1.807) is 17.0 Å². The lowest BCUT2D eigenvalue weighted by atomic mass is 10.2. The molecule has 1 aromatic carbocycles. The summed E-state index contributed by atoms with van der Waals surface area (Å²) in [6.07, 6.45) is 2.78. The minimum atomic E-state index is -0.189. The van der Waals surface area contributed by atoms with Gasteiger partial charge in [0.15, 0.2) is 0 Å². The zero-order valence-electron chi connectivity index (χ0n) is 13.3. The quantitative estimate of drug-likeness (QED) is 0.873. The van der Waals surface area contributed by atoms with E-state index < -0.39 is 0 Å². The summed E-state index contributed by atoms with van der Waals surface area (Å²) in [4.78, 5) is 18.5. The van der Waals surface area contributed by atoms with Crippen LogP contribution in [0.2, 0.25) is 0 Å². The van der Waals surface area contributed by atoms with E-state index in [0.717, 1.165) is 23.6 Å². The Bertz CT molecular complexity index is 658. The number of pyridine rings is 1. The van der Waals surface area contributed by atoms with Crippen molar-refractivity contribution in [2.75, 3.05) is 29.6 Å². The lowest BCUT2D eigenvalue weighted by Gasteiger charge is -2.22. The van der Waals surface area contributed by atoms with Gasteiger partial charge in [0.2, 0.25) is 5.88 Å². The van der Waals surface area contributed by atoms with Crippen LogP contribution in [-0.2, 0) is 0 Å². The molecular weight excluding hydrogens is 324 g/mol. The molecule has 1 aromatic heterocycles. The highest BCUT2D eigenvalue weighted by Gasteiger charge is 2.19. The van der Waals surface area contributed by atoms with E-state index in [4.69, 9.17) is 4.74 Å². The van der Waals surface area contributed by atoms with Gasteiger partial charge in [0, 0.05) is 30.2 Å². The molecule has 1 aliphatic rings. The van der Waals surface area contributed by atoms with Crippen LogP contribution < -0.4 is 9.64 Å². The number of ether oxygens (including phenoxy) is 1. The van der Waals surface area contributed by atoms with E-state index in [0.29, 0.717) is 11.4 Å². The lowest BCUT2D eigenvalue weighted by Crippen LogP contribution is -2.33. The number of para-hydroxylation sites is 1. The van der Waals surface area contributed by atoms with Crippen molar-refractivity contribution in [3.63, 3.8) is 0 Å². The monoisotopic (exact) mass is 344 g/mol. The number of anilines is 1. The SMILES string of the molecule is O=C(c1ccc(O[C@@H]2CCSC2)nc1)N(CCO)c1ccccc1. The van der Waals surface area contributed by atoms with Crippen molar-refractivity contribution in [3.05, 3.63) is 54.2 Å². The smallest absolute Gasteiger partial charge is 0.259 e. The molecule has 0 unspecified atom stereocenters. The summed E-state index contributed by atoms with van der Waals surface area (Å²) in [7, 11) is 0. The minimum Gasteiger partial charge on any atom is -0.473 e. The molecule has 0 saturated carbocycles. The van der Waals surface area contributed by atoms with Crippen LogP contribution in [0.1, 0.15) is 16.8 Å². The van der Waals surface area contributed by atoms with Crippen molar-refractivity contribution in [1.29, 1.82) is 0 Å². The number of nitrogens with zero attached hydrogens (tertiary/aromatic N) is 2. The summed E-state index contributed by atoms with van der Waals surface area (Å²) in [5, 5.41) is 9.27. The zero-order valence-corrected chi connectivity index (χ0v) is 14.1. The third-order valence-corrected chi connectivity index (χ3v) is 4.93. The fourth-order valence-electron chi connectivity index (χ4n) is 2.56. The highest BCUT2D eigenvalue weighted by Crippen LogP contribution is 2.22. The van der Waals surface area contributed by atoms with Crippen LogP contribution in [0.3, 0.4) is 0 Å². The van der Waals surface area contributed by atoms with E-state index in [9.17, 15) is 9.90 Å². The van der Waals surface area contributed by atoms with Crippen LogP contribution in [0.15, 0.2) is 48.7 Å². The molecule has 3 rings (SSSR count). The number of hydrogen-bond donors (Lipinski definition) is 1. The molecule has 0 bridgehead atoms. The van der Waals surface area contributed by atoms with Crippen molar-refractivity contribution < 1.29 is 14.6 Å². The summed E-state index contributed by atoms with van der Waals surface area (Å²) in [6.45, 7) is 0.134. The Morgan fingerprint density at radius 3 is 2.75 bits per heavy atom. The normalized spacial score (nSPS) is 16.8. The molecular formula is C18H20N2O3S. The largest absolute Gasteiger partial charge is 0.473 e. The minimum absolute atomic E-state index is 0.103. The molecule has 0 aliphatic carbocycles. The Kier molecular flexibility index (Phi) is 5.72. The van der Waals surface area contributed by atoms with Crippen LogP contribution >= 0.6 is 11.8 Å². The van der Waals surface area contributed by atoms with E-state index in [2.05, 4.69) is 4.98 Å². The average Bonchev–Trinajstić information content (AvgIpc) is 3.13. The number of rotatable bonds is 6. The van der Waals surface area contributed by atoms with Gasteiger partial charge in [-0.05, 0) is 30.4 Å². The first-order chi connectivity index (χ1) is 11.8. The summed E-state index contributed by atoms with van der Waals surface area (Å²) in [5.74, 6) is 2.47. The molecule has 6 heteroatoms. The van der Waals surface area contributed by atoms with Gasteiger partial charge in [0.1, 0.15) is 6.10 Å². The first kappa shape index (κ1) is 16.8. The molecule has 0 radical (unpaired) electrons. The third-order valence-electron chi connectivity index (χ3n) is 3.80. The lowest BCUT2D eigenvalue weighted by molar-refractivity contribution is 0.0980. The Hall–Kier alpha value is -2.05. The first-order valence-electron chi connectivity index (χ1n) is 7.96. The van der Waals surface area contributed by atoms with Crippen molar-refractivity contribution >= 4 is 23.4 Å². The third kappa shape index (κ3) is 4.07. The number of thioether (sulfide) groups is 1. The van der Waals surface area contributed by atoms with Crippen molar-refractivity contribution in [2.24, 2.45) is 0 Å². The molecule has 0 spiro atoms. The van der Waals surface area contributed by atoms with Crippen LogP contribution in [0, 0.1) is 0 Å². The fourth-order valence-corrected chi connectivity index (χ4v) is 3.66. The number of carbonyl (C=O) groups is 1. The van der Waals surface area contributed by atoms with Crippen LogP contribution in [0.25, 0.3) is 0 Å². The number of benzene rings is 1. The van der Waals surface area contributed by atoms with Gasteiger partial charge in [0.25, 0.3) is 5.91 Å². The van der Waals surface area contributed by atoms with Crippen molar-refractivity contribution in [2.45, 2.75) is 12.5 Å². The second-order valence-electron chi connectivity index (χ2n) is 5.50. The van der Waals surface area contributed by atoms with Gasteiger partial charge < -0.3 is 14.7 Å². The number of carbonyl (C=O) groups excluding carboxylic acids is 1. The molecule has 1 saturated heterocycles. The number of aliphatic hydroxyl groups is 1. The van der Waals surface area contributed by atoms with E-state index in [-0.39, 0.29) is 25.2 Å². The molecule has 1 N–H and O–H groups in total. The predicted octanol–water partition coefficient (Wildman–Crippen LogP) is 2.61. The summed E-state index contributed by atoms with van der Waals surface area (Å²) >= 11 is 1.88. The van der Waals surface area contributed by atoms with Gasteiger partial charge in [-0.25, -0.2) is 4.98 Å². The molecule has 2 heterocycles. The molecule has 1 fully saturated rings. The number of hydrogen-bond acceptors (Lipinski definition) is 5.